The standard InChI is InChI=1S/C13H30B3N4O5/c1-20(9-6-14-25-11-17,10-7-18-15-23-2)8-4-5-12(13(21)22)19-16-24-3/h12,18-19H,4-11,17H2,1-3H3/p+1/t12-,20?/m0/s1. The predicted octanol–water partition coefficient (Wildman–Crippen LogP) is -1.82. The Hall–Kier alpha value is -0.615. The largest absolute Gasteiger partial charge is 0.480 e. The van der Waals surface area contributed by atoms with Gasteiger partial charge in [-0.15, -0.1) is 0 Å². The maximum Gasteiger partial charge on any atom is 0.396 e. The molecule has 141 valence electrons. The lowest BCUT2D eigenvalue weighted by atomic mass is 9.94. The molecule has 0 aromatic carbocycles. The van der Waals surface area contributed by atoms with Crippen molar-refractivity contribution in [2.45, 2.75) is 25.2 Å². The van der Waals surface area contributed by atoms with Crippen LogP contribution < -0.4 is 16.2 Å². The predicted molar refractivity (Wildman–Crippen MR) is 98.8 cm³/mol. The number of carboxylic acid groups (broad SMARTS) is 1. The van der Waals surface area contributed by atoms with Gasteiger partial charge in [-0.25, -0.2) is 0 Å². The number of hydrogen-bond acceptors (Lipinski definition) is 7. The molecule has 3 radical (unpaired) electrons. The van der Waals surface area contributed by atoms with Crippen molar-refractivity contribution < 1.29 is 28.3 Å². The van der Waals surface area contributed by atoms with Crippen LogP contribution in [0.4, 0.5) is 0 Å². The monoisotopic (exact) mass is 356 g/mol. The molecule has 0 aliphatic carbocycles. The van der Waals surface area contributed by atoms with Crippen molar-refractivity contribution in [3.8, 4) is 0 Å². The number of aliphatic carboxylic acids is 1. The average molecular weight is 356 g/mol. The van der Waals surface area contributed by atoms with E-state index in [1.54, 1.807) is 22.2 Å². The molecular formula is C13H31B3N4O5+. The van der Waals surface area contributed by atoms with E-state index in [1.807, 2.05) is 0 Å². The van der Waals surface area contributed by atoms with Crippen LogP contribution in [-0.4, -0.2) is 98.5 Å². The van der Waals surface area contributed by atoms with Crippen molar-refractivity contribution in [1.29, 1.82) is 0 Å². The first-order valence-corrected chi connectivity index (χ1v) is 8.37. The third-order valence-electron chi connectivity index (χ3n) is 3.87. The minimum absolute atomic E-state index is 0.177. The Labute approximate surface area is 153 Å². The number of hydrogen-bond donors (Lipinski definition) is 4. The van der Waals surface area contributed by atoms with Crippen LogP contribution >= 0.6 is 0 Å². The maximum atomic E-state index is 11.2. The number of carbonyl (C=O) groups is 1. The summed E-state index contributed by atoms with van der Waals surface area (Å²) in [4.78, 5) is 11.2. The molecule has 0 aromatic heterocycles. The van der Waals surface area contributed by atoms with Crippen molar-refractivity contribution in [3.05, 3.63) is 0 Å². The van der Waals surface area contributed by atoms with Gasteiger partial charge in [-0.2, -0.15) is 0 Å². The zero-order valence-corrected chi connectivity index (χ0v) is 15.6. The van der Waals surface area contributed by atoms with E-state index in [-0.39, 0.29) is 6.73 Å². The van der Waals surface area contributed by atoms with Gasteiger partial charge in [-0.3, -0.25) is 4.79 Å². The molecule has 0 bridgehead atoms. The number of nitrogens with two attached hydrogens (primary N) is 1. The third kappa shape index (κ3) is 13.3. The summed E-state index contributed by atoms with van der Waals surface area (Å²) < 4.78 is 15.5. The zero-order chi connectivity index (χ0) is 19.0. The number of nitrogens with zero attached hydrogens (tertiary/aromatic N) is 1. The smallest absolute Gasteiger partial charge is 0.396 e. The highest BCUT2D eigenvalue weighted by Gasteiger charge is 2.23. The van der Waals surface area contributed by atoms with Crippen LogP contribution in [-0.2, 0) is 18.8 Å². The first-order valence-electron chi connectivity index (χ1n) is 8.37. The summed E-state index contributed by atoms with van der Waals surface area (Å²) in [6, 6.07) is -0.652. The van der Waals surface area contributed by atoms with Crippen LogP contribution in [0.3, 0.4) is 0 Å². The fraction of sp³-hybridized carbons (Fsp3) is 0.923. The molecule has 0 amide bonds. The Morgan fingerprint density at radius 2 is 1.96 bits per heavy atom. The summed E-state index contributed by atoms with van der Waals surface area (Å²) in [6.07, 6.45) is 2.06. The lowest BCUT2D eigenvalue weighted by Crippen LogP contribution is -2.50. The molecule has 2 atom stereocenters. The Bertz CT molecular complexity index is 333. The summed E-state index contributed by atoms with van der Waals surface area (Å²) in [6.45, 7) is 3.55. The summed E-state index contributed by atoms with van der Waals surface area (Å²) >= 11 is 0. The quantitative estimate of drug-likeness (QED) is 0.0983. The summed E-state index contributed by atoms with van der Waals surface area (Å²) in [5, 5.41) is 15.1. The molecule has 0 aromatic rings. The number of rotatable bonds is 18. The van der Waals surface area contributed by atoms with Crippen LogP contribution in [0.2, 0.25) is 6.32 Å². The minimum atomic E-state index is -0.886. The number of nitrogens with one attached hydrogen (secondary N) is 2. The van der Waals surface area contributed by atoms with Gasteiger partial charge in [0.15, 0.2) is 0 Å². The van der Waals surface area contributed by atoms with Crippen LogP contribution in [0.25, 0.3) is 0 Å². The molecule has 0 spiro atoms. The van der Waals surface area contributed by atoms with Gasteiger partial charge in [0.2, 0.25) is 0 Å². The molecular weight excluding hydrogens is 325 g/mol. The maximum absolute atomic E-state index is 11.2. The van der Waals surface area contributed by atoms with Crippen LogP contribution in [0, 0.1) is 0 Å². The topological polar surface area (TPSA) is 115 Å². The van der Waals surface area contributed by atoms with Crippen molar-refractivity contribution in [3.63, 3.8) is 0 Å². The Balaban J connectivity index is 4.39. The molecule has 1 unspecified atom stereocenters. The summed E-state index contributed by atoms with van der Waals surface area (Å²) in [7, 11) is 9.80. The molecule has 5 N–H and O–H groups in total. The highest BCUT2D eigenvalue weighted by atomic mass is 16.4. The van der Waals surface area contributed by atoms with E-state index in [2.05, 4.69) is 17.5 Å². The lowest BCUT2D eigenvalue weighted by molar-refractivity contribution is -0.906. The van der Waals surface area contributed by atoms with E-state index in [4.69, 9.17) is 19.7 Å². The van der Waals surface area contributed by atoms with Gasteiger partial charge in [-0.1, -0.05) is 0 Å². The Kier molecular flexibility index (Phi) is 15.2. The number of carboxylic acids is 1. The molecule has 12 heteroatoms. The van der Waals surface area contributed by atoms with Gasteiger partial charge in [0, 0.05) is 20.8 Å². The third-order valence-corrected chi connectivity index (χ3v) is 3.87. The van der Waals surface area contributed by atoms with E-state index in [1.165, 1.54) is 14.7 Å². The SMILES string of the molecule is CO[B]NCC[N+](C)(CC[B]OCN)CCC[C@H](N[B]OC)C(=O)O. The van der Waals surface area contributed by atoms with E-state index < -0.39 is 12.0 Å². The second-order valence-electron chi connectivity index (χ2n) is 5.94. The molecule has 9 nitrogen and oxygen atoms in total. The molecule has 0 aliphatic rings. The molecule has 0 saturated carbocycles. The molecule has 25 heavy (non-hydrogen) atoms. The molecule has 0 saturated heterocycles. The van der Waals surface area contributed by atoms with Gasteiger partial charge in [0.25, 0.3) is 7.48 Å². The van der Waals surface area contributed by atoms with Gasteiger partial charge in [0.05, 0.1) is 39.5 Å². The molecule has 0 aliphatic heterocycles. The summed E-state index contributed by atoms with van der Waals surface area (Å²) in [5.74, 6) is -0.886. The highest BCUT2D eigenvalue weighted by molar-refractivity contribution is 6.27. The highest BCUT2D eigenvalue weighted by Crippen LogP contribution is 2.09. The second-order valence-corrected chi connectivity index (χ2v) is 5.94. The zero-order valence-electron chi connectivity index (χ0n) is 15.6. The number of quaternary nitrogens is 1. The minimum Gasteiger partial charge on any atom is -0.480 e. The van der Waals surface area contributed by atoms with Crippen LogP contribution in [0.1, 0.15) is 12.8 Å². The van der Waals surface area contributed by atoms with E-state index in [0.717, 1.165) is 43.4 Å². The first kappa shape index (κ1) is 24.4. The first-order chi connectivity index (χ1) is 12.0. The van der Waals surface area contributed by atoms with Gasteiger partial charge >= 0.3 is 21.2 Å². The van der Waals surface area contributed by atoms with E-state index in [0.29, 0.717) is 6.42 Å². The Morgan fingerprint density at radius 1 is 1.24 bits per heavy atom. The van der Waals surface area contributed by atoms with Crippen molar-refractivity contribution in [1.82, 2.24) is 10.5 Å². The van der Waals surface area contributed by atoms with Crippen molar-refractivity contribution in [2.24, 2.45) is 5.73 Å². The normalized spacial score (nSPS) is 14.6. The summed E-state index contributed by atoms with van der Waals surface area (Å²) in [5.41, 5.74) is 5.31. The van der Waals surface area contributed by atoms with Gasteiger partial charge in [0.1, 0.15) is 0 Å². The Morgan fingerprint density at radius 3 is 2.56 bits per heavy atom. The van der Waals surface area contributed by atoms with Crippen LogP contribution in [0.5, 0.6) is 0 Å². The molecule has 0 heterocycles. The second kappa shape index (κ2) is 15.6. The number of likely N-dealkylation sites (N-methyl/N-ethyl adjacent to an activating group) is 1. The average Bonchev–Trinajstić information content (AvgIpc) is 2.58. The van der Waals surface area contributed by atoms with E-state index in [9.17, 15) is 9.90 Å². The van der Waals surface area contributed by atoms with Gasteiger partial charge < -0.3 is 39.7 Å². The molecule has 0 fully saturated rings. The lowest BCUT2D eigenvalue weighted by Gasteiger charge is -2.35. The van der Waals surface area contributed by atoms with Crippen molar-refractivity contribution in [2.75, 3.05) is 54.2 Å². The fourth-order valence-electron chi connectivity index (χ4n) is 2.43. The van der Waals surface area contributed by atoms with Crippen molar-refractivity contribution >= 4 is 28.7 Å². The molecule has 0 rings (SSSR count). The van der Waals surface area contributed by atoms with Gasteiger partial charge in [-0.05, 0) is 19.2 Å². The van der Waals surface area contributed by atoms with E-state index >= 15 is 0 Å². The fourth-order valence-corrected chi connectivity index (χ4v) is 2.43. The van der Waals surface area contributed by atoms with Crippen LogP contribution in [0.15, 0.2) is 0 Å².